The minimum Gasteiger partial charge on any atom is -0.496 e. The van der Waals surface area contributed by atoms with Gasteiger partial charge in [-0.25, -0.2) is 0 Å². The minimum absolute atomic E-state index is 0. The fourth-order valence-corrected chi connectivity index (χ4v) is 1.49. The average Bonchev–Trinajstić information content (AvgIpc) is 2.27. The molecule has 0 unspecified atom stereocenters. The first kappa shape index (κ1) is 17.0. The maximum Gasteiger partial charge on any atom is 0.416 e. The molecule has 0 bridgehead atoms. The van der Waals surface area contributed by atoms with Gasteiger partial charge in [-0.2, -0.15) is 13.2 Å². The lowest BCUT2D eigenvalue weighted by atomic mass is 10.0. The Kier molecular flexibility index (Phi) is 6.45. The van der Waals surface area contributed by atoms with Crippen LogP contribution in [0.1, 0.15) is 23.6 Å². The number of methoxy groups -OCH3 is 1. The minimum atomic E-state index is -4.41. The molecule has 3 nitrogen and oxygen atoms in total. The lowest BCUT2D eigenvalue weighted by Crippen LogP contribution is -2.14. The number of halogens is 4. The van der Waals surface area contributed by atoms with Gasteiger partial charge in [-0.1, -0.05) is 6.07 Å². The number of benzene rings is 1. The van der Waals surface area contributed by atoms with Crippen LogP contribution < -0.4 is 10.5 Å². The fraction of sp³-hybridized carbons (Fsp3) is 0.455. The van der Waals surface area contributed by atoms with Gasteiger partial charge in [-0.3, -0.25) is 0 Å². The van der Waals surface area contributed by atoms with E-state index in [9.17, 15) is 13.2 Å². The highest BCUT2D eigenvalue weighted by molar-refractivity contribution is 5.85. The van der Waals surface area contributed by atoms with E-state index in [4.69, 9.17) is 15.6 Å². The van der Waals surface area contributed by atoms with Crippen molar-refractivity contribution < 1.29 is 23.0 Å². The third kappa shape index (κ3) is 4.04. The van der Waals surface area contributed by atoms with Crippen LogP contribution in [0.25, 0.3) is 0 Å². The second kappa shape index (κ2) is 6.82. The molecule has 0 aliphatic rings. The Morgan fingerprint density at radius 3 is 2.44 bits per heavy atom. The molecule has 0 saturated heterocycles. The van der Waals surface area contributed by atoms with Crippen LogP contribution in [-0.2, 0) is 6.18 Å². The summed E-state index contributed by atoms with van der Waals surface area (Å²) in [7, 11) is 1.28. The number of nitrogens with two attached hydrogens (primary N) is 1. The molecule has 0 aliphatic heterocycles. The van der Waals surface area contributed by atoms with Crippen molar-refractivity contribution in [3.05, 3.63) is 29.3 Å². The van der Waals surface area contributed by atoms with E-state index in [2.05, 4.69) is 0 Å². The van der Waals surface area contributed by atoms with Gasteiger partial charge in [-0.15, -0.1) is 12.4 Å². The van der Waals surface area contributed by atoms with Gasteiger partial charge in [0.2, 0.25) is 0 Å². The van der Waals surface area contributed by atoms with Crippen LogP contribution in [0, 0.1) is 0 Å². The number of aliphatic hydroxyl groups is 1. The highest BCUT2D eigenvalue weighted by Gasteiger charge is 2.31. The molecule has 1 rings (SSSR count). The first-order chi connectivity index (χ1) is 7.90. The van der Waals surface area contributed by atoms with Gasteiger partial charge in [0.1, 0.15) is 5.75 Å². The summed E-state index contributed by atoms with van der Waals surface area (Å²) in [5.41, 5.74) is 5.39. The highest BCUT2D eigenvalue weighted by Crippen LogP contribution is 2.34. The van der Waals surface area contributed by atoms with Gasteiger partial charge < -0.3 is 15.6 Å². The van der Waals surface area contributed by atoms with Crippen LogP contribution in [0.4, 0.5) is 13.2 Å². The Bertz CT molecular complexity index is 385. The number of aliphatic hydroxyl groups excluding tert-OH is 1. The van der Waals surface area contributed by atoms with Gasteiger partial charge in [0, 0.05) is 18.2 Å². The maximum atomic E-state index is 12.5. The van der Waals surface area contributed by atoms with Crippen molar-refractivity contribution in [3.8, 4) is 5.75 Å². The predicted octanol–water partition coefficient (Wildman–Crippen LogP) is 2.52. The first-order valence-corrected chi connectivity index (χ1v) is 5.01. The zero-order chi connectivity index (χ0) is 13.1. The highest BCUT2D eigenvalue weighted by atomic mass is 35.5. The first-order valence-electron chi connectivity index (χ1n) is 5.01. The van der Waals surface area contributed by atoms with Crippen molar-refractivity contribution in [1.29, 1.82) is 0 Å². The molecule has 1 atom stereocenters. The lowest BCUT2D eigenvalue weighted by Gasteiger charge is -2.16. The summed E-state index contributed by atoms with van der Waals surface area (Å²) < 4.78 is 42.3. The van der Waals surface area contributed by atoms with Crippen molar-refractivity contribution in [2.24, 2.45) is 5.73 Å². The van der Waals surface area contributed by atoms with Crippen LogP contribution >= 0.6 is 12.4 Å². The summed E-state index contributed by atoms with van der Waals surface area (Å²) >= 11 is 0. The summed E-state index contributed by atoms with van der Waals surface area (Å²) in [6, 6.07) is 2.60. The van der Waals surface area contributed by atoms with Crippen molar-refractivity contribution in [2.75, 3.05) is 13.7 Å². The second-order valence-electron chi connectivity index (χ2n) is 3.57. The van der Waals surface area contributed by atoms with E-state index < -0.39 is 17.8 Å². The molecule has 0 fully saturated rings. The molecule has 1 aromatic carbocycles. The molecular weight excluding hydrogens is 271 g/mol. The van der Waals surface area contributed by atoms with E-state index >= 15 is 0 Å². The van der Waals surface area contributed by atoms with Gasteiger partial charge in [0.25, 0.3) is 0 Å². The predicted molar refractivity (Wildman–Crippen MR) is 63.9 cm³/mol. The molecule has 1 aromatic rings. The topological polar surface area (TPSA) is 55.5 Å². The Morgan fingerprint density at radius 1 is 1.39 bits per heavy atom. The van der Waals surface area contributed by atoms with Crippen molar-refractivity contribution >= 4 is 12.4 Å². The Morgan fingerprint density at radius 2 is 2.00 bits per heavy atom. The van der Waals surface area contributed by atoms with Gasteiger partial charge in [0.15, 0.2) is 0 Å². The van der Waals surface area contributed by atoms with Crippen LogP contribution in [0.3, 0.4) is 0 Å². The third-order valence-corrected chi connectivity index (χ3v) is 2.40. The van der Waals surface area contributed by atoms with Crippen molar-refractivity contribution in [1.82, 2.24) is 0 Å². The molecule has 0 saturated carbocycles. The smallest absolute Gasteiger partial charge is 0.416 e. The quantitative estimate of drug-likeness (QED) is 0.894. The van der Waals surface area contributed by atoms with E-state index in [-0.39, 0.29) is 31.2 Å². The average molecular weight is 286 g/mol. The molecule has 0 spiro atoms. The molecule has 7 heteroatoms. The molecule has 104 valence electrons. The number of alkyl halides is 3. The number of hydrogen-bond donors (Lipinski definition) is 2. The van der Waals surface area contributed by atoms with Gasteiger partial charge >= 0.3 is 6.18 Å². The standard InChI is InChI=1S/C11H14F3NO2.ClH/c1-17-10-6-7(11(12,13)14)2-3-8(10)9(15)4-5-16;/h2-3,6,9,16H,4-5,15H2,1H3;1H/t9-;/m0./s1. The summed E-state index contributed by atoms with van der Waals surface area (Å²) in [6.07, 6.45) is -4.14. The summed E-state index contributed by atoms with van der Waals surface area (Å²) in [5.74, 6) is 0.0841. The fourth-order valence-electron chi connectivity index (χ4n) is 1.49. The van der Waals surface area contributed by atoms with Crippen LogP contribution in [0.15, 0.2) is 18.2 Å². The van der Waals surface area contributed by atoms with Crippen LogP contribution in [0.2, 0.25) is 0 Å². The van der Waals surface area contributed by atoms with Crippen LogP contribution in [-0.4, -0.2) is 18.8 Å². The molecule has 0 amide bonds. The van der Waals surface area contributed by atoms with Crippen molar-refractivity contribution in [2.45, 2.75) is 18.6 Å². The van der Waals surface area contributed by atoms with E-state index in [1.807, 2.05) is 0 Å². The zero-order valence-corrected chi connectivity index (χ0v) is 10.5. The largest absolute Gasteiger partial charge is 0.496 e. The molecular formula is C11H15ClF3NO2. The van der Waals surface area contributed by atoms with E-state index in [0.717, 1.165) is 12.1 Å². The molecule has 0 aliphatic carbocycles. The normalized spacial score (nSPS) is 12.8. The monoisotopic (exact) mass is 285 g/mol. The molecule has 0 radical (unpaired) electrons. The van der Waals surface area contributed by atoms with Crippen molar-refractivity contribution in [3.63, 3.8) is 0 Å². The second-order valence-corrected chi connectivity index (χ2v) is 3.57. The molecule has 0 aromatic heterocycles. The third-order valence-electron chi connectivity index (χ3n) is 2.40. The molecule has 18 heavy (non-hydrogen) atoms. The van der Waals surface area contributed by atoms with Gasteiger partial charge in [-0.05, 0) is 18.6 Å². The Hall–Kier alpha value is -0.980. The summed E-state index contributed by atoms with van der Waals surface area (Å²) in [5, 5.41) is 8.74. The SMILES string of the molecule is COc1cc(C(F)(F)F)ccc1[C@@H](N)CCO.Cl. The number of ether oxygens (including phenoxy) is 1. The Balaban J connectivity index is 0.00000289. The Labute approximate surface area is 109 Å². The van der Waals surface area contributed by atoms with E-state index in [1.54, 1.807) is 0 Å². The maximum absolute atomic E-state index is 12.5. The number of hydrogen-bond acceptors (Lipinski definition) is 3. The summed E-state index contributed by atoms with van der Waals surface area (Å²) in [6.45, 7) is -0.134. The zero-order valence-electron chi connectivity index (χ0n) is 9.70. The van der Waals surface area contributed by atoms with E-state index in [1.165, 1.54) is 13.2 Å². The van der Waals surface area contributed by atoms with Gasteiger partial charge in [0.05, 0.1) is 12.7 Å². The molecule has 0 heterocycles. The lowest BCUT2D eigenvalue weighted by molar-refractivity contribution is -0.137. The molecule has 3 N–H and O–H groups in total. The van der Waals surface area contributed by atoms with Crippen LogP contribution in [0.5, 0.6) is 5.75 Å². The van der Waals surface area contributed by atoms with E-state index in [0.29, 0.717) is 5.56 Å². The number of rotatable bonds is 4. The summed E-state index contributed by atoms with van der Waals surface area (Å²) in [4.78, 5) is 0.